The molecule has 2 aromatic rings. The van der Waals surface area contributed by atoms with Gasteiger partial charge in [-0.05, 0) is 29.3 Å². The largest absolute Gasteiger partial charge is 0.399 e. The van der Waals surface area contributed by atoms with Crippen molar-refractivity contribution in [2.24, 2.45) is 0 Å². The van der Waals surface area contributed by atoms with E-state index in [9.17, 15) is 21.8 Å². The van der Waals surface area contributed by atoms with Crippen molar-refractivity contribution in [1.29, 1.82) is 0 Å². The fourth-order valence-corrected chi connectivity index (χ4v) is 5.11. The number of sulfone groups is 1. The monoisotopic (exact) mass is 526 g/mol. The van der Waals surface area contributed by atoms with E-state index in [2.05, 4.69) is 15.9 Å². The van der Waals surface area contributed by atoms with Gasteiger partial charge in [-0.15, -0.1) is 0 Å². The van der Waals surface area contributed by atoms with Crippen molar-refractivity contribution in [2.45, 2.75) is 16.3 Å². The highest BCUT2D eigenvalue weighted by molar-refractivity contribution is 9.10. The minimum absolute atomic E-state index is 0.0722. The van der Waals surface area contributed by atoms with Crippen molar-refractivity contribution in [3.05, 3.63) is 69.7 Å². The molecule has 11 heteroatoms. The maximum Gasteiger partial charge on any atom is 0.399 e. The Bertz CT molecular complexity index is 1070. The zero-order valence-electron chi connectivity index (χ0n) is 15.1. The average Bonchev–Trinajstić information content (AvgIpc) is 2.60. The molecule has 158 valence electrons. The van der Waals surface area contributed by atoms with Crippen LogP contribution in [-0.4, -0.2) is 30.2 Å². The molecule has 2 aromatic carbocycles. The maximum absolute atomic E-state index is 13.8. The van der Waals surface area contributed by atoms with Crippen molar-refractivity contribution >= 4 is 51.2 Å². The summed E-state index contributed by atoms with van der Waals surface area (Å²) in [5.41, 5.74) is -3.56. The number of halogens is 3. The molecule has 0 fully saturated rings. The van der Waals surface area contributed by atoms with Crippen LogP contribution in [0.1, 0.15) is 16.7 Å². The van der Waals surface area contributed by atoms with Gasteiger partial charge in [-0.1, -0.05) is 52.3 Å². The first-order valence-corrected chi connectivity index (χ1v) is 13.5. The van der Waals surface area contributed by atoms with Crippen molar-refractivity contribution in [2.75, 3.05) is 12.0 Å². The quantitative estimate of drug-likeness (QED) is 0.370. The second kappa shape index (κ2) is 9.41. The van der Waals surface area contributed by atoms with Crippen molar-refractivity contribution in [1.82, 2.24) is 0 Å². The van der Waals surface area contributed by atoms with Gasteiger partial charge in [0.25, 0.3) is 0 Å². The number of thioether (sulfide) groups is 1. The van der Waals surface area contributed by atoms with E-state index in [1.807, 2.05) is 6.08 Å². The Kier molecular flexibility index (Phi) is 7.86. The minimum Gasteiger partial charge on any atom is -0.320 e. The van der Waals surface area contributed by atoms with E-state index in [-0.39, 0.29) is 9.37 Å². The van der Waals surface area contributed by atoms with Crippen LogP contribution < -0.4 is 0 Å². The molecule has 0 saturated heterocycles. The highest BCUT2D eigenvalue weighted by Gasteiger charge is 2.51. The fraction of sp³-hybridized carbons (Fsp3) is 0.222. The molecule has 2 rings (SSSR count). The van der Waals surface area contributed by atoms with Crippen LogP contribution in [0.2, 0.25) is 0 Å². The topological polar surface area (TPSA) is 91.7 Å². The Hall–Kier alpha value is -1.03. The summed E-state index contributed by atoms with van der Waals surface area (Å²) in [4.78, 5) is 17.9. The molecule has 0 saturated carbocycles. The molecular formula is C18H18BrF2O5PS2. The first-order chi connectivity index (χ1) is 13.3. The molecule has 0 aliphatic carbocycles. The van der Waals surface area contributed by atoms with Crippen LogP contribution in [0, 0.1) is 0 Å². The molecule has 29 heavy (non-hydrogen) atoms. The molecule has 0 spiro atoms. The second-order valence-electron chi connectivity index (χ2n) is 6.16. The number of alkyl halides is 2. The zero-order valence-corrected chi connectivity index (χ0v) is 19.2. The van der Waals surface area contributed by atoms with Gasteiger partial charge >= 0.3 is 13.3 Å². The highest BCUT2D eigenvalue weighted by atomic mass is 79.9. The van der Waals surface area contributed by atoms with Crippen LogP contribution in [0.4, 0.5) is 8.78 Å². The standard InChI is InChI=1S/C18H18BrF2O5PS2/c1-29(25,26)15-6-2-4-13(10-15)5-3-9-28-12-14-7-8-16(17(19)11-14)18(20,21)27(22,23)24/h2-8,10-11H,9,12H2,1H3,(H2,22,23,24)/b5-3+. The van der Waals surface area contributed by atoms with E-state index in [0.29, 0.717) is 17.1 Å². The lowest BCUT2D eigenvalue weighted by Crippen LogP contribution is -2.14. The van der Waals surface area contributed by atoms with Crippen molar-refractivity contribution in [3.63, 3.8) is 0 Å². The molecule has 0 aliphatic rings. The van der Waals surface area contributed by atoms with Gasteiger partial charge in [-0.2, -0.15) is 20.5 Å². The average molecular weight is 527 g/mol. The number of benzene rings is 2. The summed E-state index contributed by atoms with van der Waals surface area (Å²) in [6.45, 7) is 0. The summed E-state index contributed by atoms with van der Waals surface area (Å²) >= 11 is 4.45. The van der Waals surface area contributed by atoms with Crippen molar-refractivity contribution < 1.29 is 31.6 Å². The van der Waals surface area contributed by atoms with Gasteiger partial charge in [0, 0.05) is 27.8 Å². The molecule has 0 atom stereocenters. The SMILES string of the molecule is CS(=O)(=O)c1cccc(/C=C/CSCc2ccc(C(F)(F)P(=O)(O)O)c(Br)c2)c1. The molecule has 0 aliphatic heterocycles. The second-order valence-corrected chi connectivity index (χ2v) is 11.7. The lowest BCUT2D eigenvalue weighted by Gasteiger charge is -2.19. The van der Waals surface area contributed by atoms with Crippen LogP contribution in [0.25, 0.3) is 6.08 Å². The van der Waals surface area contributed by atoms with Crippen LogP contribution >= 0.6 is 35.3 Å². The predicted molar refractivity (Wildman–Crippen MR) is 115 cm³/mol. The number of rotatable bonds is 8. The zero-order chi connectivity index (χ0) is 21.9. The van der Waals surface area contributed by atoms with Gasteiger partial charge in [0.2, 0.25) is 0 Å². The molecule has 5 nitrogen and oxygen atoms in total. The first-order valence-electron chi connectivity index (χ1n) is 8.09. The summed E-state index contributed by atoms with van der Waals surface area (Å²) in [5.74, 6) is 1.09. The molecule has 0 heterocycles. The number of hydrogen-bond donors (Lipinski definition) is 2. The van der Waals surface area contributed by atoms with Gasteiger partial charge in [0.1, 0.15) is 0 Å². The fourth-order valence-electron chi connectivity index (χ4n) is 2.33. The third kappa shape index (κ3) is 6.47. The summed E-state index contributed by atoms with van der Waals surface area (Å²) in [6, 6.07) is 10.4. The molecule has 0 aromatic heterocycles. The molecule has 0 unspecified atom stereocenters. The van der Waals surface area contributed by atoms with Gasteiger partial charge in [0.05, 0.1) is 4.90 Å². The summed E-state index contributed by atoms with van der Waals surface area (Å²) in [5, 5.41) is 0. The Balaban J connectivity index is 1.97. The summed E-state index contributed by atoms with van der Waals surface area (Å²) in [7, 11) is -8.89. The molecule has 2 N–H and O–H groups in total. The minimum atomic E-state index is -5.62. The van der Waals surface area contributed by atoms with Crippen LogP contribution in [0.3, 0.4) is 0 Å². The maximum atomic E-state index is 13.8. The predicted octanol–water partition coefficient (Wildman–Crippen LogP) is 5.03. The molecule has 0 bridgehead atoms. The Morgan fingerprint density at radius 3 is 2.48 bits per heavy atom. The van der Waals surface area contributed by atoms with E-state index in [1.165, 1.54) is 30.0 Å². The first kappa shape index (κ1) is 24.2. The normalized spacial score (nSPS) is 13.2. The summed E-state index contributed by atoms with van der Waals surface area (Å²) in [6.07, 6.45) is 4.80. The van der Waals surface area contributed by atoms with E-state index in [4.69, 9.17) is 9.79 Å². The van der Waals surface area contributed by atoms with Crippen molar-refractivity contribution in [3.8, 4) is 0 Å². The van der Waals surface area contributed by atoms with Gasteiger partial charge < -0.3 is 9.79 Å². The van der Waals surface area contributed by atoms with Gasteiger partial charge in [-0.3, -0.25) is 4.57 Å². The summed E-state index contributed by atoms with van der Waals surface area (Å²) < 4.78 is 61.7. The lowest BCUT2D eigenvalue weighted by molar-refractivity contribution is 0.0557. The Morgan fingerprint density at radius 2 is 1.90 bits per heavy atom. The number of hydrogen-bond acceptors (Lipinski definition) is 4. The van der Waals surface area contributed by atoms with E-state index in [0.717, 1.165) is 17.9 Å². The van der Waals surface area contributed by atoms with Crippen LogP contribution in [0.5, 0.6) is 0 Å². The Labute approximate surface area is 180 Å². The third-order valence-corrected chi connectivity index (χ3v) is 7.51. The van der Waals surface area contributed by atoms with Crippen LogP contribution in [0.15, 0.2) is 57.9 Å². The Morgan fingerprint density at radius 1 is 1.21 bits per heavy atom. The lowest BCUT2D eigenvalue weighted by atomic mass is 10.1. The molecule has 0 radical (unpaired) electrons. The van der Waals surface area contributed by atoms with E-state index in [1.54, 1.807) is 24.3 Å². The van der Waals surface area contributed by atoms with E-state index >= 15 is 0 Å². The van der Waals surface area contributed by atoms with Gasteiger partial charge in [0.15, 0.2) is 9.84 Å². The van der Waals surface area contributed by atoms with Gasteiger partial charge in [-0.25, -0.2) is 8.42 Å². The highest BCUT2D eigenvalue weighted by Crippen LogP contribution is 2.60. The molecular weight excluding hydrogens is 509 g/mol. The van der Waals surface area contributed by atoms with E-state index < -0.39 is 28.7 Å². The third-order valence-electron chi connectivity index (χ3n) is 3.80. The smallest absolute Gasteiger partial charge is 0.320 e. The molecule has 0 amide bonds. The van der Waals surface area contributed by atoms with Crippen LogP contribution in [-0.2, 0) is 25.8 Å².